The van der Waals surface area contributed by atoms with Crippen LogP contribution in [0, 0.1) is 13.8 Å². The molecule has 1 aliphatic heterocycles. The van der Waals surface area contributed by atoms with Gasteiger partial charge in [0, 0.05) is 37.8 Å². The zero-order valence-electron chi connectivity index (χ0n) is 33.2. The summed E-state index contributed by atoms with van der Waals surface area (Å²) in [5, 5.41) is 14.2. The summed E-state index contributed by atoms with van der Waals surface area (Å²) in [6, 6.07) is 8.72. The molecule has 1 aliphatic rings. The summed E-state index contributed by atoms with van der Waals surface area (Å²) in [5.41, 5.74) is 14.6. The van der Waals surface area contributed by atoms with Gasteiger partial charge in [-0.3, -0.25) is 39.2 Å². The van der Waals surface area contributed by atoms with Gasteiger partial charge in [0.25, 0.3) is 11.8 Å². The Morgan fingerprint density at radius 1 is 0.783 bits per heavy atom. The number of rotatable bonds is 19. The molecule has 0 bridgehead atoms. The Labute approximate surface area is 340 Å². The summed E-state index contributed by atoms with van der Waals surface area (Å²) in [6.45, 7) is 2.68. The first-order valence-electron chi connectivity index (χ1n) is 19.2. The molecule has 4 aromatic heterocycles. The van der Waals surface area contributed by atoms with Gasteiger partial charge in [-0.25, -0.2) is 18.7 Å². The number of imidazole rings is 2. The van der Waals surface area contributed by atoms with Gasteiger partial charge in [0.15, 0.2) is 0 Å². The highest BCUT2D eigenvalue weighted by Gasteiger charge is 2.30. The Kier molecular flexibility index (Phi) is 12.1. The molecule has 6 aromatic rings. The third-order valence-corrected chi connectivity index (χ3v) is 9.90. The maximum absolute atomic E-state index is 13.7. The SMILES string of the molecule is COCCCOc1cc(C(N)=O)cc2nc(NC(=O)c3cc(C)nn3CCF)n(CCC[C@H]3COc4cc(C(N)=O)cc5nc(NC(=O)c6cc(C)nn6CCF)n3c45)c12. The quantitative estimate of drug-likeness (QED) is 0.0854. The predicted molar refractivity (Wildman–Crippen MR) is 214 cm³/mol. The molecule has 316 valence electrons. The number of primary amides is 2. The zero-order chi connectivity index (χ0) is 42.7. The van der Waals surface area contributed by atoms with Gasteiger partial charge in [-0.15, -0.1) is 0 Å². The van der Waals surface area contributed by atoms with E-state index in [1.165, 1.54) is 33.6 Å². The van der Waals surface area contributed by atoms with Crippen molar-refractivity contribution < 1.29 is 42.2 Å². The molecule has 4 amide bonds. The van der Waals surface area contributed by atoms with E-state index < -0.39 is 43.0 Å². The first-order valence-corrected chi connectivity index (χ1v) is 19.2. The van der Waals surface area contributed by atoms with Crippen molar-refractivity contribution in [2.45, 2.75) is 58.8 Å². The summed E-state index contributed by atoms with van der Waals surface area (Å²) in [4.78, 5) is 61.4. The molecule has 0 saturated carbocycles. The maximum atomic E-state index is 13.7. The largest absolute Gasteiger partial charge is 0.491 e. The summed E-state index contributed by atoms with van der Waals surface area (Å²) >= 11 is 0. The molecule has 21 heteroatoms. The third-order valence-electron chi connectivity index (χ3n) is 9.90. The predicted octanol–water partition coefficient (Wildman–Crippen LogP) is 3.87. The summed E-state index contributed by atoms with van der Waals surface area (Å²) in [6.07, 6.45) is 1.38. The molecule has 0 fully saturated rings. The molecular weight excluding hydrogens is 787 g/mol. The number of anilines is 2. The Bertz CT molecular complexity index is 2610. The van der Waals surface area contributed by atoms with Gasteiger partial charge in [0.1, 0.15) is 53.9 Å². The lowest BCUT2D eigenvalue weighted by Gasteiger charge is -2.27. The van der Waals surface area contributed by atoms with Crippen LogP contribution in [0.25, 0.3) is 22.1 Å². The standard InChI is InChI=1S/C39H44F2N12O7/c1-21-14-28(51(48-21)10-7-40)36(56)46-38-44-26-16-23(34(42)54)18-30(59-13-5-12-58-3)32(26)50(38)9-4-6-25-20-60-31-19-24(35(43)55)17-27-33(31)53(25)39(45-27)47-37(57)29-15-22(2)49-52(29)11-8-41/h14-19,25H,4-13,20H2,1-3H3,(H2,42,54)(H2,43,55)(H,44,46,56)(H,45,47,57)/t25-/m0/s1. The van der Waals surface area contributed by atoms with Crippen LogP contribution in [-0.4, -0.2) is 103 Å². The van der Waals surface area contributed by atoms with Gasteiger partial charge in [-0.2, -0.15) is 10.2 Å². The number of benzene rings is 2. The van der Waals surface area contributed by atoms with Gasteiger partial charge >= 0.3 is 0 Å². The third kappa shape index (κ3) is 8.33. The summed E-state index contributed by atoms with van der Waals surface area (Å²) in [7, 11) is 1.57. The molecule has 0 saturated heterocycles. The van der Waals surface area contributed by atoms with E-state index in [0.717, 1.165) is 0 Å². The molecule has 0 radical (unpaired) electrons. The number of ether oxygens (including phenoxy) is 3. The molecule has 19 nitrogen and oxygen atoms in total. The average Bonchev–Trinajstić information content (AvgIpc) is 3.97. The number of nitrogens with one attached hydrogen (secondary N) is 2. The second-order valence-electron chi connectivity index (χ2n) is 14.2. The maximum Gasteiger partial charge on any atom is 0.276 e. The van der Waals surface area contributed by atoms with Crippen molar-refractivity contribution in [2.75, 3.05) is 50.9 Å². The van der Waals surface area contributed by atoms with Crippen molar-refractivity contribution in [1.29, 1.82) is 0 Å². The van der Waals surface area contributed by atoms with Crippen LogP contribution < -0.4 is 31.6 Å². The van der Waals surface area contributed by atoms with Crippen molar-refractivity contribution in [3.63, 3.8) is 0 Å². The molecule has 60 heavy (non-hydrogen) atoms. The van der Waals surface area contributed by atoms with Crippen LogP contribution in [0.3, 0.4) is 0 Å². The van der Waals surface area contributed by atoms with Crippen molar-refractivity contribution in [1.82, 2.24) is 38.7 Å². The Morgan fingerprint density at radius 3 is 1.97 bits per heavy atom. The fourth-order valence-electron chi connectivity index (χ4n) is 7.32. The minimum atomic E-state index is -0.737. The fraction of sp³-hybridized carbons (Fsp3) is 0.385. The number of alkyl halides is 2. The zero-order valence-corrected chi connectivity index (χ0v) is 33.2. The lowest BCUT2D eigenvalue weighted by Crippen LogP contribution is -2.26. The number of aromatic nitrogens is 8. The Hall–Kier alpha value is -6.90. The number of hydrogen-bond donors (Lipinski definition) is 4. The number of amides is 4. The molecule has 5 heterocycles. The number of nitrogens with two attached hydrogens (primary N) is 2. The molecular formula is C39H44F2N12O7. The highest BCUT2D eigenvalue weighted by Crippen LogP contribution is 2.39. The van der Waals surface area contributed by atoms with E-state index in [0.29, 0.717) is 70.8 Å². The van der Waals surface area contributed by atoms with Crippen molar-refractivity contribution in [3.05, 3.63) is 70.3 Å². The van der Waals surface area contributed by atoms with E-state index >= 15 is 0 Å². The number of halogens is 2. The van der Waals surface area contributed by atoms with Gasteiger partial charge in [-0.1, -0.05) is 0 Å². The van der Waals surface area contributed by atoms with E-state index in [9.17, 15) is 28.0 Å². The summed E-state index contributed by atoms with van der Waals surface area (Å²) in [5.74, 6) is -1.64. The number of aryl methyl sites for hydroxylation is 5. The van der Waals surface area contributed by atoms with E-state index in [4.69, 9.17) is 30.7 Å². The van der Waals surface area contributed by atoms with E-state index in [2.05, 4.69) is 25.8 Å². The van der Waals surface area contributed by atoms with Gasteiger partial charge in [0.05, 0.1) is 48.2 Å². The van der Waals surface area contributed by atoms with Crippen LogP contribution in [0.5, 0.6) is 11.5 Å². The van der Waals surface area contributed by atoms with Crippen LogP contribution in [-0.2, 0) is 24.4 Å². The lowest BCUT2D eigenvalue weighted by atomic mass is 10.1. The number of methoxy groups -OCH3 is 1. The van der Waals surface area contributed by atoms with Gasteiger partial charge < -0.3 is 34.8 Å². The van der Waals surface area contributed by atoms with Gasteiger partial charge in [0.2, 0.25) is 23.7 Å². The van der Waals surface area contributed by atoms with E-state index in [1.807, 2.05) is 4.57 Å². The first kappa shape index (κ1) is 41.3. The van der Waals surface area contributed by atoms with Crippen LogP contribution in [0.2, 0.25) is 0 Å². The topological polar surface area (TPSA) is 243 Å². The normalized spacial score (nSPS) is 13.4. The minimum Gasteiger partial charge on any atom is -0.491 e. The molecule has 6 N–H and O–H groups in total. The number of fused-ring (bicyclic) bond motifs is 1. The van der Waals surface area contributed by atoms with E-state index in [1.54, 1.807) is 37.7 Å². The highest BCUT2D eigenvalue weighted by atomic mass is 19.1. The number of carbonyl (C=O) groups excluding carboxylic acids is 4. The molecule has 2 aromatic carbocycles. The smallest absolute Gasteiger partial charge is 0.276 e. The Morgan fingerprint density at radius 2 is 1.37 bits per heavy atom. The Balaban J connectivity index is 1.24. The number of hydrogen-bond acceptors (Lipinski definition) is 11. The minimum absolute atomic E-state index is 0.116. The van der Waals surface area contributed by atoms with Crippen molar-refractivity contribution >= 4 is 57.6 Å². The molecule has 0 spiro atoms. The van der Waals surface area contributed by atoms with Crippen molar-refractivity contribution in [2.24, 2.45) is 11.5 Å². The monoisotopic (exact) mass is 830 g/mol. The number of nitrogens with zero attached hydrogens (tertiary/aromatic N) is 8. The highest BCUT2D eigenvalue weighted by molar-refractivity contribution is 6.05. The summed E-state index contributed by atoms with van der Waals surface area (Å²) < 4.78 is 50.4. The van der Waals surface area contributed by atoms with Crippen LogP contribution >= 0.6 is 0 Å². The second-order valence-corrected chi connectivity index (χ2v) is 14.2. The van der Waals surface area contributed by atoms with Crippen LogP contribution in [0.1, 0.15) is 78.4 Å². The molecule has 0 unspecified atom stereocenters. The fourth-order valence-corrected chi connectivity index (χ4v) is 7.32. The van der Waals surface area contributed by atoms with Crippen LogP contribution in [0.4, 0.5) is 20.7 Å². The van der Waals surface area contributed by atoms with Gasteiger partial charge in [-0.05, 0) is 63.1 Å². The van der Waals surface area contributed by atoms with E-state index in [-0.39, 0.29) is 67.3 Å². The second kappa shape index (κ2) is 17.5. The first-order chi connectivity index (χ1) is 28.9. The molecule has 1 atom stereocenters. The van der Waals surface area contributed by atoms with Crippen LogP contribution in [0.15, 0.2) is 36.4 Å². The number of carbonyl (C=O) groups is 4. The molecule has 0 aliphatic carbocycles. The lowest BCUT2D eigenvalue weighted by molar-refractivity contribution is 0.0991. The average molecular weight is 831 g/mol. The molecule has 7 rings (SSSR count). The van der Waals surface area contributed by atoms with Crippen molar-refractivity contribution in [3.8, 4) is 11.5 Å².